The highest BCUT2D eigenvalue weighted by Crippen LogP contribution is 2.23. The van der Waals surface area contributed by atoms with E-state index in [1.165, 1.54) is 5.56 Å². The quantitative estimate of drug-likeness (QED) is 0.814. The van der Waals surface area contributed by atoms with Crippen LogP contribution in [0.2, 0.25) is 0 Å². The summed E-state index contributed by atoms with van der Waals surface area (Å²) in [4.78, 5) is 13.8. The van der Waals surface area contributed by atoms with Crippen molar-refractivity contribution in [1.29, 1.82) is 0 Å². The smallest absolute Gasteiger partial charge is 0.317 e. The van der Waals surface area contributed by atoms with Gasteiger partial charge >= 0.3 is 6.03 Å². The number of likely N-dealkylation sites (N-methyl/N-ethyl adjacent to an activating group) is 1. The highest BCUT2D eigenvalue weighted by atomic mass is 16.5. The molecular weight excluding hydrogens is 276 g/mol. The lowest BCUT2D eigenvalue weighted by Crippen LogP contribution is -2.40. The maximum Gasteiger partial charge on any atom is 0.317 e. The number of carbonyl (C=O) groups excluding carboxylic acids is 1. The number of hydrogen-bond acceptors (Lipinski definition) is 2. The van der Waals surface area contributed by atoms with Crippen molar-refractivity contribution in [2.75, 3.05) is 26.8 Å². The SMILES string of the molecule is CCOCCN(C)C(=O)NC(C)c1ccc(C(C)(C)C)cc1. The number of amides is 2. The number of rotatable bonds is 6. The van der Waals surface area contributed by atoms with Crippen molar-refractivity contribution >= 4 is 6.03 Å². The van der Waals surface area contributed by atoms with Gasteiger partial charge in [-0.05, 0) is 30.4 Å². The van der Waals surface area contributed by atoms with Gasteiger partial charge in [0.1, 0.15) is 0 Å². The van der Waals surface area contributed by atoms with E-state index in [4.69, 9.17) is 4.74 Å². The van der Waals surface area contributed by atoms with Crippen LogP contribution in [0.3, 0.4) is 0 Å². The Kier molecular flexibility index (Phi) is 6.88. The molecule has 1 rings (SSSR count). The third kappa shape index (κ3) is 5.68. The summed E-state index contributed by atoms with van der Waals surface area (Å²) in [5.74, 6) is 0. The Balaban J connectivity index is 2.57. The zero-order chi connectivity index (χ0) is 16.8. The zero-order valence-corrected chi connectivity index (χ0v) is 14.8. The third-order valence-corrected chi connectivity index (χ3v) is 3.74. The Labute approximate surface area is 134 Å². The van der Waals surface area contributed by atoms with E-state index in [0.717, 1.165) is 5.56 Å². The topological polar surface area (TPSA) is 41.6 Å². The average Bonchev–Trinajstić information content (AvgIpc) is 2.46. The molecule has 2 amide bonds. The van der Waals surface area contributed by atoms with Crippen molar-refractivity contribution in [3.8, 4) is 0 Å². The van der Waals surface area contributed by atoms with Gasteiger partial charge in [-0.3, -0.25) is 0 Å². The highest BCUT2D eigenvalue weighted by molar-refractivity contribution is 5.74. The first kappa shape index (κ1) is 18.5. The maximum atomic E-state index is 12.1. The first-order chi connectivity index (χ1) is 10.3. The average molecular weight is 306 g/mol. The molecule has 0 radical (unpaired) electrons. The van der Waals surface area contributed by atoms with Crippen LogP contribution in [0, 0.1) is 0 Å². The Morgan fingerprint density at radius 2 is 1.86 bits per heavy atom. The monoisotopic (exact) mass is 306 g/mol. The van der Waals surface area contributed by atoms with Crippen LogP contribution in [-0.4, -0.2) is 37.7 Å². The molecule has 1 unspecified atom stereocenters. The lowest BCUT2D eigenvalue weighted by atomic mass is 9.86. The van der Waals surface area contributed by atoms with Gasteiger partial charge in [0, 0.05) is 20.2 Å². The van der Waals surface area contributed by atoms with E-state index in [9.17, 15) is 4.79 Å². The lowest BCUT2D eigenvalue weighted by Gasteiger charge is -2.23. The van der Waals surface area contributed by atoms with Crippen LogP contribution in [0.1, 0.15) is 51.8 Å². The number of carbonyl (C=O) groups is 1. The molecule has 0 aromatic heterocycles. The number of nitrogens with one attached hydrogen (secondary N) is 1. The predicted molar refractivity (Wildman–Crippen MR) is 91.2 cm³/mol. The summed E-state index contributed by atoms with van der Waals surface area (Å²) in [5, 5.41) is 3.01. The van der Waals surface area contributed by atoms with Gasteiger partial charge in [-0.25, -0.2) is 4.79 Å². The summed E-state index contributed by atoms with van der Waals surface area (Å²) in [6.07, 6.45) is 0. The van der Waals surface area contributed by atoms with Crippen LogP contribution in [0.15, 0.2) is 24.3 Å². The highest BCUT2D eigenvalue weighted by Gasteiger charge is 2.16. The van der Waals surface area contributed by atoms with Gasteiger partial charge in [-0.15, -0.1) is 0 Å². The van der Waals surface area contributed by atoms with E-state index in [-0.39, 0.29) is 17.5 Å². The van der Waals surface area contributed by atoms with Gasteiger partial charge < -0.3 is 15.0 Å². The largest absolute Gasteiger partial charge is 0.380 e. The predicted octanol–water partition coefficient (Wildman–Crippen LogP) is 3.72. The van der Waals surface area contributed by atoms with Crippen molar-refractivity contribution < 1.29 is 9.53 Å². The van der Waals surface area contributed by atoms with Crippen LogP contribution in [-0.2, 0) is 10.2 Å². The van der Waals surface area contributed by atoms with E-state index in [2.05, 4.69) is 50.4 Å². The first-order valence-corrected chi connectivity index (χ1v) is 7.95. The van der Waals surface area contributed by atoms with E-state index < -0.39 is 0 Å². The van der Waals surface area contributed by atoms with E-state index in [1.54, 1.807) is 11.9 Å². The molecule has 0 heterocycles. The van der Waals surface area contributed by atoms with Crippen LogP contribution < -0.4 is 5.32 Å². The van der Waals surface area contributed by atoms with E-state index in [0.29, 0.717) is 19.8 Å². The molecule has 1 atom stereocenters. The Bertz CT molecular complexity index is 463. The van der Waals surface area contributed by atoms with Gasteiger partial charge in [0.2, 0.25) is 0 Å². The molecule has 0 fully saturated rings. The first-order valence-electron chi connectivity index (χ1n) is 7.95. The summed E-state index contributed by atoms with van der Waals surface area (Å²) in [6, 6.07) is 8.36. The Morgan fingerprint density at radius 3 is 2.36 bits per heavy atom. The van der Waals surface area contributed by atoms with Crippen LogP contribution in [0.4, 0.5) is 4.79 Å². The normalized spacial score (nSPS) is 12.8. The molecule has 0 aliphatic heterocycles. The molecule has 0 saturated heterocycles. The molecule has 22 heavy (non-hydrogen) atoms. The molecule has 1 aromatic carbocycles. The number of nitrogens with zero attached hydrogens (tertiary/aromatic N) is 1. The Morgan fingerprint density at radius 1 is 1.27 bits per heavy atom. The minimum atomic E-state index is -0.0768. The molecule has 0 spiro atoms. The molecule has 4 nitrogen and oxygen atoms in total. The zero-order valence-electron chi connectivity index (χ0n) is 14.8. The number of benzene rings is 1. The Hall–Kier alpha value is -1.55. The molecule has 1 N–H and O–H groups in total. The third-order valence-electron chi connectivity index (χ3n) is 3.74. The van der Waals surface area contributed by atoms with Crippen LogP contribution in [0.5, 0.6) is 0 Å². The van der Waals surface area contributed by atoms with Crippen molar-refractivity contribution in [2.24, 2.45) is 0 Å². The van der Waals surface area contributed by atoms with Crippen LogP contribution in [0.25, 0.3) is 0 Å². The molecule has 4 heteroatoms. The second kappa shape index (κ2) is 8.18. The van der Waals surface area contributed by atoms with E-state index >= 15 is 0 Å². The van der Waals surface area contributed by atoms with Gasteiger partial charge in [0.25, 0.3) is 0 Å². The van der Waals surface area contributed by atoms with Crippen molar-refractivity contribution in [3.05, 3.63) is 35.4 Å². The lowest BCUT2D eigenvalue weighted by molar-refractivity contribution is 0.125. The van der Waals surface area contributed by atoms with Gasteiger partial charge in [0.15, 0.2) is 0 Å². The van der Waals surface area contributed by atoms with Gasteiger partial charge in [0.05, 0.1) is 12.6 Å². The second-order valence-corrected chi connectivity index (χ2v) is 6.66. The summed E-state index contributed by atoms with van der Waals surface area (Å²) in [6.45, 7) is 12.4. The number of ether oxygens (including phenoxy) is 1. The summed E-state index contributed by atoms with van der Waals surface area (Å²) >= 11 is 0. The van der Waals surface area contributed by atoms with Crippen LogP contribution >= 0.6 is 0 Å². The molecule has 0 aliphatic rings. The molecule has 0 bridgehead atoms. The summed E-state index contributed by atoms with van der Waals surface area (Å²) in [5.41, 5.74) is 2.55. The van der Waals surface area contributed by atoms with Gasteiger partial charge in [-0.2, -0.15) is 0 Å². The van der Waals surface area contributed by atoms with Gasteiger partial charge in [-0.1, -0.05) is 45.0 Å². The fraction of sp³-hybridized carbons (Fsp3) is 0.611. The van der Waals surface area contributed by atoms with Crippen molar-refractivity contribution in [1.82, 2.24) is 10.2 Å². The molecule has 124 valence electrons. The molecule has 0 saturated carbocycles. The minimum Gasteiger partial charge on any atom is -0.380 e. The molecule has 1 aromatic rings. The summed E-state index contributed by atoms with van der Waals surface area (Å²) in [7, 11) is 1.78. The second-order valence-electron chi connectivity index (χ2n) is 6.66. The standard InChI is InChI=1S/C18H30N2O2/c1-7-22-13-12-20(6)17(21)19-14(2)15-8-10-16(11-9-15)18(3,4)5/h8-11,14H,7,12-13H2,1-6H3,(H,19,21). The molecular formula is C18H30N2O2. The maximum absolute atomic E-state index is 12.1. The minimum absolute atomic E-state index is 0.0175. The van der Waals surface area contributed by atoms with Crippen molar-refractivity contribution in [3.63, 3.8) is 0 Å². The van der Waals surface area contributed by atoms with Crippen molar-refractivity contribution in [2.45, 2.75) is 46.1 Å². The van der Waals surface area contributed by atoms with E-state index in [1.807, 2.05) is 13.8 Å². The number of urea groups is 1. The number of hydrogen-bond donors (Lipinski definition) is 1. The molecule has 0 aliphatic carbocycles. The fourth-order valence-electron chi connectivity index (χ4n) is 2.10. The summed E-state index contributed by atoms with van der Waals surface area (Å²) < 4.78 is 5.27. The fourth-order valence-corrected chi connectivity index (χ4v) is 2.10.